The molecule has 0 radical (unpaired) electrons. The maximum Gasteiger partial charge on any atom is 0.128 e. The number of benzene rings is 2. The normalized spacial score (nSPS) is 12.8. The third kappa shape index (κ3) is 3.48. The summed E-state index contributed by atoms with van der Waals surface area (Å²) in [7, 11) is 0. The molecule has 6 rings (SSSR count). The van der Waals surface area contributed by atoms with E-state index in [4.69, 9.17) is 9.97 Å². The van der Waals surface area contributed by atoms with Gasteiger partial charge in [-0.05, 0) is 82.3 Å². The Morgan fingerprint density at radius 2 is 1.71 bits per heavy atom. The van der Waals surface area contributed by atoms with Crippen LogP contribution in [0.15, 0.2) is 42.0 Å². The first-order valence-corrected chi connectivity index (χ1v) is 14.3. The predicted molar refractivity (Wildman–Crippen MR) is 153 cm³/mol. The van der Waals surface area contributed by atoms with Gasteiger partial charge >= 0.3 is 0 Å². The Bertz CT molecular complexity index is 1710. The molecule has 0 unspecified atom stereocenters. The highest BCUT2D eigenvalue weighted by atomic mass is 32.1. The molecule has 0 fully saturated rings. The van der Waals surface area contributed by atoms with E-state index >= 15 is 0 Å². The average Bonchev–Trinajstić information content (AvgIpc) is 3.46. The molecule has 0 atom stereocenters. The first kappa shape index (κ1) is 22.1. The second-order valence-corrected chi connectivity index (χ2v) is 13.8. The van der Waals surface area contributed by atoms with E-state index in [9.17, 15) is 0 Å². The Morgan fingerprint density at radius 1 is 0.941 bits per heavy atom. The summed E-state index contributed by atoms with van der Waals surface area (Å²) in [5.41, 5.74) is 5.12. The third-order valence-electron chi connectivity index (χ3n) is 6.65. The molecule has 0 amide bonds. The largest absolute Gasteiger partial charge is 0.236 e. The Morgan fingerprint density at radius 3 is 2.47 bits per heavy atom. The van der Waals surface area contributed by atoms with E-state index in [0.717, 1.165) is 16.9 Å². The molecule has 0 N–H and O–H groups in total. The van der Waals surface area contributed by atoms with Crippen LogP contribution in [0.5, 0.6) is 0 Å². The Kier molecular flexibility index (Phi) is 5.11. The van der Waals surface area contributed by atoms with Crippen molar-refractivity contribution in [3.8, 4) is 11.3 Å². The Labute approximate surface area is 212 Å². The van der Waals surface area contributed by atoms with Crippen molar-refractivity contribution in [2.75, 3.05) is 0 Å². The van der Waals surface area contributed by atoms with E-state index in [2.05, 4.69) is 77.3 Å². The molecule has 0 aliphatic rings. The van der Waals surface area contributed by atoms with Gasteiger partial charge in [0.15, 0.2) is 0 Å². The summed E-state index contributed by atoms with van der Waals surface area (Å²) in [4.78, 5) is 12.1. The second-order valence-electron chi connectivity index (χ2n) is 10.7. The van der Waals surface area contributed by atoms with E-state index < -0.39 is 0 Å². The second kappa shape index (κ2) is 7.84. The maximum absolute atomic E-state index is 4.86. The number of rotatable bonds is 3. The van der Waals surface area contributed by atoms with Gasteiger partial charge < -0.3 is 0 Å². The summed E-state index contributed by atoms with van der Waals surface area (Å²) in [5, 5.41) is 7.36. The summed E-state index contributed by atoms with van der Waals surface area (Å²) in [6.45, 7) is 13.8. The number of nitrogens with zero attached hydrogens (tertiary/aromatic N) is 2. The van der Waals surface area contributed by atoms with Crippen molar-refractivity contribution in [2.45, 2.75) is 53.4 Å². The van der Waals surface area contributed by atoms with Crippen LogP contribution in [0.2, 0.25) is 0 Å². The number of hydrogen-bond donors (Lipinski definition) is 0. The van der Waals surface area contributed by atoms with Crippen molar-refractivity contribution >= 4 is 74.5 Å². The lowest BCUT2D eigenvalue weighted by molar-refractivity contribution is 0.597. The van der Waals surface area contributed by atoms with Gasteiger partial charge in [-0.3, -0.25) is 0 Å². The van der Waals surface area contributed by atoms with Crippen LogP contribution in [0.25, 0.3) is 51.7 Å². The molecule has 0 saturated carbocycles. The first-order valence-electron chi connectivity index (χ1n) is 11.8. The average molecular weight is 501 g/mol. The van der Waals surface area contributed by atoms with Crippen molar-refractivity contribution in [2.24, 2.45) is 5.92 Å². The minimum Gasteiger partial charge on any atom is -0.236 e. The highest BCUT2D eigenvalue weighted by Crippen LogP contribution is 2.44. The van der Waals surface area contributed by atoms with E-state index in [1.807, 2.05) is 22.7 Å². The van der Waals surface area contributed by atoms with Crippen LogP contribution in [0.4, 0.5) is 0 Å². The molecule has 6 aromatic rings. The molecule has 4 heterocycles. The van der Waals surface area contributed by atoms with Gasteiger partial charge in [-0.1, -0.05) is 34.6 Å². The molecule has 2 nitrogen and oxygen atoms in total. The third-order valence-corrected chi connectivity index (χ3v) is 9.95. The summed E-state index contributed by atoms with van der Waals surface area (Å²) < 4.78 is 4.05. The molecule has 0 aliphatic carbocycles. The minimum absolute atomic E-state index is 0.0649. The van der Waals surface area contributed by atoms with Crippen LogP contribution in [-0.4, -0.2) is 9.97 Å². The number of aryl methyl sites for hydroxylation is 1. The molecular weight excluding hydrogens is 473 g/mol. The van der Waals surface area contributed by atoms with Gasteiger partial charge in [-0.15, -0.1) is 34.0 Å². The van der Waals surface area contributed by atoms with Gasteiger partial charge in [-0.25, -0.2) is 9.97 Å². The van der Waals surface area contributed by atoms with Crippen molar-refractivity contribution in [3.63, 3.8) is 0 Å². The molecule has 0 saturated heterocycles. The van der Waals surface area contributed by atoms with Crippen molar-refractivity contribution in [3.05, 3.63) is 58.0 Å². The Hall–Kier alpha value is -2.34. The fourth-order valence-electron chi connectivity index (χ4n) is 4.93. The van der Waals surface area contributed by atoms with Crippen LogP contribution in [-0.2, 0) is 11.8 Å². The summed E-state index contributed by atoms with van der Waals surface area (Å²) in [6, 6.07) is 11.7. The molecule has 4 aromatic heterocycles. The number of aromatic nitrogens is 2. The summed E-state index contributed by atoms with van der Waals surface area (Å²) in [6.07, 6.45) is 2.88. The predicted octanol–water partition coefficient (Wildman–Crippen LogP) is 9.75. The lowest BCUT2D eigenvalue weighted by atomic mass is 9.85. The maximum atomic E-state index is 4.86. The molecule has 2 aromatic carbocycles. The molecule has 0 aliphatic heterocycles. The topological polar surface area (TPSA) is 25.8 Å². The standard InChI is InChI=1S/C29H28N2S3/c1-15(2)9-22-16(3)19-12-24-20(13-23(19)33-22)25-26(30-14-31-28(25)34-24)18-10-17-7-8-32-27(17)21(11-18)29(4,5)6/h7-8,10-15H,9H2,1-6H3. The van der Waals surface area contributed by atoms with Crippen LogP contribution < -0.4 is 0 Å². The highest BCUT2D eigenvalue weighted by molar-refractivity contribution is 7.26. The Balaban J connectivity index is 1.64. The minimum atomic E-state index is 0.0649. The van der Waals surface area contributed by atoms with Crippen LogP contribution in [0.1, 0.15) is 50.6 Å². The van der Waals surface area contributed by atoms with Crippen LogP contribution in [0, 0.1) is 12.8 Å². The highest BCUT2D eigenvalue weighted by Gasteiger charge is 2.22. The first-order chi connectivity index (χ1) is 16.2. The van der Waals surface area contributed by atoms with E-state index in [1.165, 1.54) is 57.2 Å². The van der Waals surface area contributed by atoms with Crippen LogP contribution in [0.3, 0.4) is 0 Å². The molecule has 0 spiro atoms. The molecule has 34 heavy (non-hydrogen) atoms. The summed E-state index contributed by atoms with van der Waals surface area (Å²) in [5.74, 6) is 0.665. The summed E-state index contributed by atoms with van der Waals surface area (Å²) >= 11 is 5.57. The molecule has 0 bridgehead atoms. The SMILES string of the molecule is Cc1c(CC(C)C)sc2cc3c(cc12)sc1ncnc(-c2cc(C(C)(C)C)c4sccc4c2)c13. The number of hydrogen-bond acceptors (Lipinski definition) is 5. The van der Waals surface area contributed by atoms with E-state index in [1.54, 1.807) is 17.7 Å². The number of fused-ring (bicyclic) bond motifs is 5. The number of thiophene rings is 3. The lowest BCUT2D eigenvalue weighted by Gasteiger charge is -2.21. The lowest BCUT2D eigenvalue weighted by Crippen LogP contribution is -2.11. The zero-order valence-corrected chi connectivity index (χ0v) is 22.9. The molecule has 5 heteroatoms. The molecule has 172 valence electrons. The van der Waals surface area contributed by atoms with Crippen molar-refractivity contribution < 1.29 is 0 Å². The van der Waals surface area contributed by atoms with Gasteiger partial charge in [0.25, 0.3) is 0 Å². The quantitative estimate of drug-likeness (QED) is 0.242. The van der Waals surface area contributed by atoms with Gasteiger partial charge in [0.1, 0.15) is 11.2 Å². The fraction of sp³-hybridized carbons (Fsp3) is 0.310. The fourth-order valence-corrected chi connectivity index (χ4v) is 8.55. The van der Waals surface area contributed by atoms with E-state index in [0.29, 0.717) is 5.92 Å². The van der Waals surface area contributed by atoms with Crippen molar-refractivity contribution in [1.29, 1.82) is 0 Å². The van der Waals surface area contributed by atoms with Gasteiger partial charge in [0.05, 0.1) is 5.69 Å². The van der Waals surface area contributed by atoms with E-state index in [-0.39, 0.29) is 5.41 Å². The van der Waals surface area contributed by atoms with Crippen LogP contribution >= 0.6 is 34.0 Å². The van der Waals surface area contributed by atoms with Gasteiger partial charge in [0, 0.05) is 35.3 Å². The zero-order valence-electron chi connectivity index (χ0n) is 20.4. The zero-order chi connectivity index (χ0) is 23.8. The van der Waals surface area contributed by atoms with Crippen molar-refractivity contribution in [1.82, 2.24) is 9.97 Å². The van der Waals surface area contributed by atoms with Gasteiger partial charge in [0.2, 0.25) is 0 Å². The molecular formula is C29H28N2S3. The van der Waals surface area contributed by atoms with Gasteiger partial charge in [-0.2, -0.15) is 0 Å². The monoisotopic (exact) mass is 500 g/mol. The smallest absolute Gasteiger partial charge is 0.128 e.